The largest absolute Gasteiger partial charge is 0.0882 e. The molecule has 0 aromatic heterocycles. The molecule has 0 unspecified atom stereocenters. The molecule has 0 aliphatic carbocycles. The Hall–Kier alpha value is -0.520. The van der Waals surface area contributed by atoms with Crippen molar-refractivity contribution in [1.82, 2.24) is 0 Å². The molecule has 0 aromatic rings. The van der Waals surface area contributed by atoms with Gasteiger partial charge in [-0.15, -0.1) is 0 Å². The van der Waals surface area contributed by atoms with Gasteiger partial charge in [-0.05, 0) is 32.1 Å². The first-order valence-corrected chi connectivity index (χ1v) is 8.21. The zero-order valence-electron chi connectivity index (χ0n) is 12.8. The number of hydrogen-bond donors (Lipinski definition) is 0. The summed E-state index contributed by atoms with van der Waals surface area (Å²) in [5.74, 6) is 0. The van der Waals surface area contributed by atoms with Crippen molar-refractivity contribution in [3.05, 3.63) is 24.3 Å². The van der Waals surface area contributed by atoms with E-state index in [9.17, 15) is 0 Å². The van der Waals surface area contributed by atoms with E-state index < -0.39 is 0 Å². The van der Waals surface area contributed by atoms with Crippen molar-refractivity contribution in [2.45, 2.75) is 90.9 Å². The molecule has 0 nitrogen and oxygen atoms in total. The van der Waals surface area contributed by atoms with Crippen LogP contribution >= 0.6 is 0 Å². The summed E-state index contributed by atoms with van der Waals surface area (Å²) in [6.07, 6.45) is 25.5. The third-order valence-electron chi connectivity index (χ3n) is 3.30. The Bertz CT molecular complexity index is 188. The van der Waals surface area contributed by atoms with Crippen LogP contribution in [-0.4, -0.2) is 0 Å². The van der Waals surface area contributed by atoms with Crippen LogP contribution in [0.25, 0.3) is 0 Å². The fourth-order valence-corrected chi connectivity index (χ4v) is 2.06. The Morgan fingerprint density at radius 1 is 0.500 bits per heavy atom. The van der Waals surface area contributed by atoms with Gasteiger partial charge >= 0.3 is 0 Å². The smallest absolute Gasteiger partial charge is 0.0169 e. The standard InChI is InChI=1S/C18H34/c1-3-5-7-9-11-13-15-17-18-16-14-12-10-8-6-4-2/h13,15-16,18H,3-12,14,17H2,1-2H3/b15-13+,18-16+. The molecule has 0 heterocycles. The molecule has 0 radical (unpaired) electrons. The van der Waals surface area contributed by atoms with Crippen LogP contribution < -0.4 is 0 Å². The summed E-state index contributed by atoms with van der Waals surface area (Å²) >= 11 is 0. The number of hydrogen-bond acceptors (Lipinski definition) is 0. The maximum absolute atomic E-state index is 2.35. The van der Waals surface area contributed by atoms with Gasteiger partial charge in [-0.25, -0.2) is 0 Å². The molecule has 0 saturated heterocycles. The molecule has 0 amide bonds. The van der Waals surface area contributed by atoms with Crippen LogP contribution in [0.3, 0.4) is 0 Å². The van der Waals surface area contributed by atoms with Crippen LogP contribution in [0.4, 0.5) is 0 Å². The van der Waals surface area contributed by atoms with E-state index in [1.807, 2.05) is 0 Å². The number of allylic oxidation sites excluding steroid dienone is 4. The number of rotatable bonds is 13. The van der Waals surface area contributed by atoms with Gasteiger partial charge in [0.1, 0.15) is 0 Å². The van der Waals surface area contributed by atoms with E-state index in [2.05, 4.69) is 38.2 Å². The van der Waals surface area contributed by atoms with Gasteiger partial charge in [-0.3, -0.25) is 0 Å². The van der Waals surface area contributed by atoms with Gasteiger partial charge in [0.15, 0.2) is 0 Å². The van der Waals surface area contributed by atoms with E-state index >= 15 is 0 Å². The molecule has 0 aliphatic heterocycles. The molecule has 18 heavy (non-hydrogen) atoms. The van der Waals surface area contributed by atoms with Crippen LogP contribution in [0.5, 0.6) is 0 Å². The van der Waals surface area contributed by atoms with Crippen molar-refractivity contribution in [2.75, 3.05) is 0 Å². The second-order valence-corrected chi connectivity index (χ2v) is 5.23. The van der Waals surface area contributed by atoms with Gasteiger partial charge in [-0.1, -0.05) is 83.1 Å². The maximum Gasteiger partial charge on any atom is -0.0169 e. The minimum atomic E-state index is 1.13. The summed E-state index contributed by atoms with van der Waals surface area (Å²) in [6, 6.07) is 0. The molecule has 0 aliphatic rings. The quantitative estimate of drug-likeness (QED) is 0.248. The van der Waals surface area contributed by atoms with Gasteiger partial charge in [-0.2, -0.15) is 0 Å². The van der Waals surface area contributed by atoms with E-state index in [0.717, 1.165) is 6.42 Å². The topological polar surface area (TPSA) is 0 Å². The van der Waals surface area contributed by atoms with Crippen molar-refractivity contribution in [1.29, 1.82) is 0 Å². The Morgan fingerprint density at radius 2 is 0.944 bits per heavy atom. The molecule has 0 aromatic carbocycles. The lowest BCUT2D eigenvalue weighted by Crippen LogP contribution is -1.76. The van der Waals surface area contributed by atoms with Crippen LogP contribution in [0.15, 0.2) is 24.3 Å². The van der Waals surface area contributed by atoms with E-state index in [-0.39, 0.29) is 0 Å². The maximum atomic E-state index is 2.35. The number of unbranched alkanes of at least 4 members (excludes halogenated alkanes) is 9. The van der Waals surface area contributed by atoms with Crippen LogP contribution in [0.1, 0.15) is 90.9 Å². The van der Waals surface area contributed by atoms with Crippen molar-refractivity contribution < 1.29 is 0 Å². The third kappa shape index (κ3) is 15.5. The molecule has 0 heteroatoms. The SMILES string of the molecule is CCCCCC/C=C/C/C=C/CCCCCCC. The molecule has 0 bridgehead atoms. The summed E-state index contributed by atoms with van der Waals surface area (Å²) in [7, 11) is 0. The first kappa shape index (κ1) is 17.5. The second kappa shape index (κ2) is 16.5. The molecule has 0 N–H and O–H groups in total. The van der Waals surface area contributed by atoms with Crippen LogP contribution in [0.2, 0.25) is 0 Å². The zero-order chi connectivity index (χ0) is 13.3. The Balaban J connectivity index is 3.14. The van der Waals surface area contributed by atoms with E-state index in [0.29, 0.717) is 0 Å². The summed E-state index contributed by atoms with van der Waals surface area (Å²) in [5, 5.41) is 0. The monoisotopic (exact) mass is 250 g/mol. The van der Waals surface area contributed by atoms with Crippen molar-refractivity contribution in [2.24, 2.45) is 0 Å². The predicted octanol–water partition coefficient (Wildman–Crippen LogP) is 6.82. The molecular formula is C18H34. The van der Waals surface area contributed by atoms with Gasteiger partial charge in [0.25, 0.3) is 0 Å². The lowest BCUT2D eigenvalue weighted by molar-refractivity contribution is 0.637. The summed E-state index contributed by atoms with van der Waals surface area (Å²) in [4.78, 5) is 0. The lowest BCUT2D eigenvalue weighted by atomic mass is 10.1. The zero-order valence-corrected chi connectivity index (χ0v) is 12.8. The fourth-order valence-electron chi connectivity index (χ4n) is 2.06. The van der Waals surface area contributed by atoms with Crippen LogP contribution in [-0.2, 0) is 0 Å². The predicted molar refractivity (Wildman–Crippen MR) is 85.0 cm³/mol. The van der Waals surface area contributed by atoms with Crippen molar-refractivity contribution in [3.8, 4) is 0 Å². The van der Waals surface area contributed by atoms with Crippen LogP contribution in [0, 0.1) is 0 Å². The Kier molecular flexibility index (Phi) is 16.0. The molecular weight excluding hydrogens is 216 g/mol. The highest BCUT2D eigenvalue weighted by Crippen LogP contribution is 2.06. The molecule has 0 saturated carbocycles. The van der Waals surface area contributed by atoms with E-state index in [1.54, 1.807) is 0 Å². The average molecular weight is 250 g/mol. The summed E-state index contributed by atoms with van der Waals surface area (Å²) in [5.41, 5.74) is 0. The Morgan fingerprint density at radius 3 is 1.44 bits per heavy atom. The van der Waals surface area contributed by atoms with Gasteiger partial charge in [0, 0.05) is 0 Å². The van der Waals surface area contributed by atoms with Gasteiger partial charge in [0.2, 0.25) is 0 Å². The molecule has 0 fully saturated rings. The highest BCUT2D eigenvalue weighted by atomic mass is 13.9. The van der Waals surface area contributed by atoms with Gasteiger partial charge in [0.05, 0.1) is 0 Å². The van der Waals surface area contributed by atoms with Gasteiger partial charge < -0.3 is 0 Å². The van der Waals surface area contributed by atoms with E-state index in [1.165, 1.54) is 70.6 Å². The molecule has 0 rings (SSSR count). The third-order valence-corrected chi connectivity index (χ3v) is 3.30. The molecule has 0 spiro atoms. The first-order valence-electron chi connectivity index (χ1n) is 8.21. The summed E-state index contributed by atoms with van der Waals surface area (Å²) in [6.45, 7) is 4.54. The summed E-state index contributed by atoms with van der Waals surface area (Å²) < 4.78 is 0. The minimum Gasteiger partial charge on any atom is -0.0882 e. The van der Waals surface area contributed by atoms with Crippen molar-refractivity contribution >= 4 is 0 Å². The molecule has 106 valence electrons. The van der Waals surface area contributed by atoms with Crippen molar-refractivity contribution in [3.63, 3.8) is 0 Å². The lowest BCUT2D eigenvalue weighted by Gasteiger charge is -1.95. The normalized spacial score (nSPS) is 11.9. The first-order chi connectivity index (χ1) is 8.91. The fraction of sp³-hybridized carbons (Fsp3) is 0.778. The Labute approximate surface area is 116 Å². The average Bonchev–Trinajstić information content (AvgIpc) is 2.39. The highest BCUT2D eigenvalue weighted by Gasteiger charge is 1.86. The molecule has 0 atom stereocenters. The second-order valence-electron chi connectivity index (χ2n) is 5.23. The van der Waals surface area contributed by atoms with E-state index in [4.69, 9.17) is 0 Å². The minimum absolute atomic E-state index is 1.13. The highest BCUT2D eigenvalue weighted by molar-refractivity contribution is 4.92.